The van der Waals surface area contributed by atoms with E-state index in [-0.39, 0.29) is 17.9 Å². The predicted molar refractivity (Wildman–Crippen MR) is 85.0 cm³/mol. The van der Waals surface area contributed by atoms with Crippen LogP contribution in [0.5, 0.6) is 5.75 Å². The lowest BCUT2D eigenvalue weighted by atomic mass is 10.0. The number of carbonyl (C=O) groups excluding carboxylic acids is 1. The summed E-state index contributed by atoms with van der Waals surface area (Å²) in [6.45, 7) is 5.84. The Kier molecular flexibility index (Phi) is 7.29. The summed E-state index contributed by atoms with van der Waals surface area (Å²) in [7, 11) is 0. The van der Waals surface area contributed by atoms with Crippen molar-refractivity contribution >= 4 is 29.1 Å². The Morgan fingerprint density at radius 3 is 2.57 bits per heavy atom. The molecule has 1 amide bonds. The van der Waals surface area contributed by atoms with E-state index in [0.717, 1.165) is 0 Å². The van der Waals surface area contributed by atoms with Gasteiger partial charge in [-0.1, -0.05) is 30.1 Å². The maximum atomic E-state index is 11.9. The number of hydrogen-bond donors (Lipinski definition) is 2. The summed E-state index contributed by atoms with van der Waals surface area (Å²) in [5.41, 5.74) is 0. The van der Waals surface area contributed by atoms with E-state index in [9.17, 15) is 9.90 Å². The molecular formula is C15H21Cl2NO3. The van der Waals surface area contributed by atoms with Crippen LogP contribution in [0.2, 0.25) is 10.0 Å². The van der Waals surface area contributed by atoms with E-state index >= 15 is 0 Å². The number of aliphatic hydroxyl groups is 1. The fraction of sp³-hybridized carbons (Fsp3) is 0.533. The molecule has 0 saturated heterocycles. The molecule has 4 nitrogen and oxygen atoms in total. The number of ether oxygens (including phenoxy) is 1. The first kappa shape index (κ1) is 18.1. The van der Waals surface area contributed by atoms with Crippen molar-refractivity contribution in [3.05, 3.63) is 28.2 Å². The summed E-state index contributed by atoms with van der Waals surface area (Å²) in [5.74, 6) is 0.388. The van der Waals surface area contributed by atoms with Gasteiger partial charge in [0.1, 0.15) is 5.75 Å². The lowest BCUT2D eigenvalue weighted by Crippen LogP contribution is -2.38. The summed E-state index contributed by atoms with van der Waals surface area (Å²) in [6, 6.07) is 4.84. The monoisotopic (exact) mass is 333 g/mol. The molecule has 0 heterocycles. The second kappa shape index (κ2) is 8.47. The fourth-order valence-electron chi connectivity index (χ4n) is 1.90. The number of hydrogen-bond acceptors (Lipinski definition) is 3. The van der Waals surface area contributed by atoms with E-state index in [0.29, 0.717) is 28.8 Å². The van der Waals surface area contributed by atoms with Gasteiger partial charge in [0.2, 0.25) is 0 Å². The zero-order valence-corrected chi connectivity index (χ0v) is 13.9. The van der Waals surface area contributed by atoms with Crippen LogP contribution in [-0.4, -0.2) is 29.8 Å². The highest BCUT2D eigenvalue weighted by atomic mass is 35.5. The highest BCUT2D eigenvalue weighted by Gasteiger charge is 2.17. The average molecular weight is 334 g/mol. The Labute approximate surface area is 135 Å². The van der Waals surface area contributed by atoms with Crippen molar-refractivity contribution in [1.29, 1.82) is 0 Å². The molecule has 0 saturated carbocycles. The first-order valence-corrected chi connectivity index (χ1v) is 7.62. The molecule has 0 bridgehead atoms. The van der Waals surface area contributed by atoms with Crippen molar-refractivity contribution < 1.29 is 14.6 Å². The van der Waals surface area contributed by atoms with Crippen LogP contribution in [-0.2, 0) is 4.79 Å². The van der Waals surface area contributed by atoms with E-state index in [1.165, 1.54) is 0 Å². The van der Waals surface area contributed by atoms with Crippen LogP contribution in [0.3, 0.4) is 0 Å². The predicted octanol–water partition coefficient (Wildman–Crippen LogP) is 3.28. The molecule has 0 radical (unpaired) electrons. The molecule has 0 fully saturated rings. The number of aliphatic hydroxyl groups excluding tert-OH is 1. The zero-order valence-electron chi connectivity index (χ0n) is 12.4. The Bertz CT molecular complexity index is 480. The summed E-state index contributed by atoms with van der Waals surface area (Å²) >= 11 is 11.8. The highest BCUT2D eigenvalue weighted by Crippen LogP contribution is 2.28. The minimum atomic E-state index is -0.664. The SMILES string of the molecule is CC(O)CC(C)CNC(=O)C(C)Oc1ccc(Cl)cc1Cl. The molecule has 2 N–H and O–H groups in total. The molecule has 0 aliphatic heterocycles. The molecule has 118 valence electrons. The third-order valence-electron chi connectivity index (χ3n) is 2.94. The summed E-state index contributed by atoms with van der Waals surface area (Å²) < 4.78 is 5.52. The normalized spacial score (nSPS) is 15.1. The van der Waals surface area contributed by atoms with Crippen LogP contribution in [0, 0.1) is 5.92 Å². The minimum absolute atomic E-state index is 0.195. The van der Waals surface area contributed by atoms with Gasteiger partial charge in [-0.05, 0) is 44.4 Å². The largest absolute Gasteiger partial charge is 0.479 e. The second-order valence-corrected chi connectivity index (χ2v) is 6.11. The zero-order chi connectivity index (χ0) is 16.0. The number of carbonyl (C=O) groups is 1. The smallest absolute Gasteiger partial charge is 0.260 e. The Morgan fingerprint density at radius 1 is 1.33 bits per heavy atom. The van der Waals surface area contributed by atoms with Crippen molar-refractivity contribution in [2.45, 2.75) is 39.4 Å². The van der Waals surface area contributed by atoms with E-state index in [2.05, 4.69) is 5.32 Å². The maximum Gasteiger partial charge on any atom is 0.260 e. The van der Waals surface area contributed by atoms with Gasteiger partial charge >= 0.3 is 0 Å². The Balaban J connectivity index is 2.47. The number of benzene rings is 1. The van der Waals surface area contributed by atoms with Crippen LogP contribution >= 0.6 is 23.2 Å². The van der Waals surface area contributed by atoms with Crippen molar-refractivity contribution in [2.24, 2.45) is 5.92 Å². The van der Waals surface area contributed by atoms with Gasteiger partial charge in [0.15, 0.2) is 6.10 Å². The standard InChI is InChI=1S/C15H21Cl2NO3/c1-9(6-10(2)19)8-18-15(20)11(3)21-14-5-4-12(16)7-13(14)17/h4-5,7,9-11,19H,6,8H2,1-3H3,(H,18,20). The molecular weight excluding hydrogens is 313 g/mol. The topological polar surface area (TPSA) is 58.6 Å². The fourth-order valence-corrected chi connectivity index (χ4v) is 2.35. The summed E-state index contributed by atoms with van der Waals surface area (Å²) in [6.07, 6.45) is -0.403. The lowest BCUT2D eigenvalue weighted by molar-refractivity contribution is -0.127. The van der Waals surface area contributed by atoms with Crippen LogP contribution in [0.15, 0.2) is 18.2 Å². The third-order valence-corrected chi connectivity index (χ3v) is 3.47. The van der Waals surface area contributed by atoms with Crippen LogP contribution in [0.4, 0.5) is 0 Å². The van der Waals surface area contributed by atoms with Crippen LogP contribution in [0.25, 0.3) is 0 Å². The number of amides is 1. The first-order valence-electron chi connectivity index (χ1n) is 6.87. The van der Waals surface area contributed by atoms with Gasteiger partial charge in [-0.3, -0.25) is 4.79 Å². The molecule has 3 atom stereocenters. The third kappa shape index (κ3) is 6.55. The molecule has 6 heteroatoms. The molecule has 1 aromatic carbocycles. The van der Waals surface area contributed by atoms with Crippen LogP contribution in [0.1, 0.15) is 27.2 Å². The molecule has 0 aliphatic carbocycles. The Hall–Kier alpha value is -0.970. The molecule has 0 aliphatic rings. The van der Waals surface area contributed by atoms with Crippen LogP contribution < -0.4 is 10.1 Å². The van der Waals surface area contributed by atoms with Crippen molar-refractivity contribution in [3.8, 4) is 5.75 Å². The van der Waals surface area contributed by atoms with E-state index < -0.39 is 6.10 Å². The Morgan fingerprint density at radius 2 is 2.00 bits per heavy atom. The van der Waals surface area contributed by atoms with Gasteiger partial charge in [0.05, 0.1) is 11.1 Å². The maximum absolute atomic E-state index is 11.9. The van der Waals surface area contributed by atoms with Crippen molar-refractivity contribution in [1.82, 2.24) is 5.32 Å². The van der Waals surface area contributed by atoms with E-state index in [1.54, 1.807) is 32.0 Å². The molecule has 1 aromatic rings. The van der Waals surface area contributed by atoms with Crippen molar-refractivity contribution in [3.63, 3.8) is 0 Å². The summed E-state index contributed by atoms with van der Waals surface area (Å²) in [5, 5.41) is 13.0. The first-order chi connectivity index (χ1) is 9.79. The number of rotatable bonds is 7. The lowest BCUT2D eigenvalue weighted by Gasteiger charge is -2.18. The number of nitrogens with one attached hydrogen (secondary N) is 1. The van der Waals surface area contributed by atoms with Gasteiger partial charge < -0.3 is 15.2 Å². The molecule has 0 spiro atoms. The highest BCUT2D eigenvalue weighted by molar-refractivity contribution is 6.35. The van der Waals surface area contributed by atoms with Crippen molar-refractivity contribution in [2.75, 3.05) is 6.54 Å². The molecule has 3 unspecified atom stereocenters. The van der Waals surface area contributed by atoms with Gasteiger partial charge in [-0.15, -0.1) is 0 Å². The molecule has 21 heavy (non-hydrogen) atoms. The second-order valence-electron chi connectivity index (χ2n) is 5.27. The quantitative estimate of drug-likeness (QED) is 0.804. The van der Waals surface area contributed by atoms with E-state index in [1.807, 2.05) is 6.92 Å². The van der Waals surface area contributed by atoms with Gasteiger partial charge in [0.25, 0.3) is 5.91 Å². The summed E-state index contributed by atoms with van der Waals surface area (Å²) in [4.78, 5) is 11.9. The average Bonchev–Trinajstić information content (AvgIpc) is 2.38. The number of halogens is 2. The molecule has 0 aromatic heterocycles. The minimum Gasteiger partial charge on any atom is -0.479 e. The molecule has 1 rings (SSSR count). The van der Waals surface area contributed by atoms with Gasteiger partial charge in [-0.25, -0.2) is 0 Å². The van der Waals surface area contributed by atoms with Gasteiger partial charge in [0, 0.05) is 11.6 Å². The van der Waals surface area contributed by atoms with Gasteiger partial charge in [-0.2, -0.15) is 0 Å². The van der Waals surface area contributed by atoms with E-state index in [4.69, 9.17) is 27.9 Å².